The third kappa shape index (κ3) is 7.53. The summed E-state index contributed by atoms with van der Waals surface area (Å²) in [7, 11) is 0. The summed E-state index contributed by atoms with van der Waals surface area (Å²) in [6.45, 7) is 0.608. The lowest BCUT2D eigenvalue weighted by atomic mass is 9.84. The number of nitrogens with two attached hydrogens (primary N) is 1. The summed E-state index contributed by atoms with van der Waals surface area (Å²) in [6, 6.07) is 79.2. The molecule has 2 unspecified atom stereocenters. The molecule has 0 aromatic heterocycles. The lowest BCUT2D eigenvalue weighted by molar-refractivity contribution is 0.386. The molecule has 0 amide bonds. The second-order valence-electron chi connectivity index (χ2n) is 15.8. The molecular formula is C58H44N4. The van der Waals surface area contributed by atoms with Crippen LogP contribution in [0.15, 0.2) is 218 Å². The minimum atomic E-state index is -0.479. The number of nitriles is 1. The van der Waals surface area contributed by atoms with Gasteiger partial charge in [-0.25, -0.2) is 0 Å². The Morgan fingerprint density at radius 3 is 1.81 bits per heavy atom. The third-order valence-corrected chi connectivity index (χ3v) is 12.0. The fourth-order valence-corrected chi connectivity index (χ4v) is 8.99. The highest BCUT2D eigenvalue weighted by molar-refractivity contribution is 6.27. The fraction of sp³-hybridized carbons (Fsp3) is 0.0517. The normalized spacial score (nSPS) is 12.3. The molecule has 0 saturated carbocycles. The van der Waals surface area contributed by atoms with E-state index in [0.717, 1.165) is 38.9 Å². The molecule has 2 atom stereocenters. The van der Waals surface area contributed by atoms with Gasteiger partial charge in [-0.3, -0.25) is 10.6 Å². The van der Waals surface area contributed by atoms with E-state index in [1.165, 1.54) is 54.6 Å². The molecule has 0 bridgehead atoms. The summed E-state index contributed by atoms with van der Waals surface area (Å²) in [5.74, 6) is 0. The zero-order valence-electron chi connectivity index (χ0n) is 34.2. The monoisotopic (exact) mass is 796 g/mol. The van der Waals surface area contributed by atoms with Crippen molar-refractivity contribution in [2.45, 2.75) is 18.9 Å². The molecule has 296 valence electrons. The zero-order valence-corrected chi connectivity index (χ0v) is 34.2. The van der Waals surface area contributed by atoms with Crippen molar-refractivity contribution in [3.63, 3.8) is 0 Å². The first-order chi connectivity index (χ1) is 30.6. The van der Waals surface area contributed by atoms with Crippen molar-refractivity contribution >= 4 is 32.3 Å². The average Bonchev–Trinajstić information content (AvgIpc) is 3.35. The van der Waals surface area contributed by atoms with Crippen LogP contribution < -0.4 is 16.4 Å². The molecule has 0 fully saturated rings. The number of rotatable bonds is 11. The van der Waals surface area contributed by atoms with Crippen molar-refractivity contribution in [3.05, 3.63) is 241 Å². The highest BCUT2D eigenvalue weighted by Gasteiger charge is 2.21. The summed E-state index contributed by atoms with van der Waals surface area (Å²) in [4.78, 5) is 0. The summed E-state index contributed by atoms with van der Waals surface area (Å²) < 4.78 is 0. The molecule has 10 aromatic rings. The molecule has 0 aliphatic carbocycles. The lowest BCUT2D eigenvalue weighted by Crippen LogP contribution is -2.40. The van der Waals surface area contributed by atoms with Crippen LogP contribution in [-0.4, -0.2) is 0 Å². The van der Waals surface area contributed by atoms with Gasteiger partial charge in [-0.05, 0) is 112 Å². The van der Waals surface area contributed by atoms with Gasteiger partial charge in [0.05, 0.1) is 24.0 Å². The van der Waals surface area contributed by atoms with Gasteiger partial charge in [0.15, 0.2) is 0 Å². The van der Waals surface area contributed by atoms with Crippen LogP contribution in [0.2, 0.25) is 0 Å². The molecule has 4 heteroatoms. The van der Waals surface area contributed by atoms with Crippen molar-refractivity contribution in [2.75, 3.05) is 0 Å². The van der Waals surface area contributed by atoms with E-state index < -0.39 is 6.17 Å². The first-order valence-corrected chi connectivity index (χ1v) is 21.1. The van der Waals surface area contributed by atoms with E-state index in [9.17, 15) is 5.26 Å². The topological polar surface area (TPSA) is 73.9 Å². The van der Waals surface area contributed by atoms with E-state index in [4.69, 9.17) is 5.73 Å². The number of hydrogen-bond acceptors (Lipinski definition) is 4. The van der Waals surface area contributed by atoms with E-state index >= 15 is 0 Å². The number of nitrogens with one attached hydrogen (secondary N) is 2. The standard InChI is InChI=1S/C58H44N4/c59-37-39-26-30-41(31-27-39)46-19-13-20-47(36-46)57(60)62-58(52-25-12-9-21-48(52)42-14-3-1-4-15-42)61-38-40-28-32-45(33-29-40)55-51-24-11-10-23-50(51)54(44-17-5-2-6-18-44)53-35-34-43-16-7-8-22-49(43)56(53)55/h1-36,57-58,61-62H,38,60H2. The summed E-state index contributed by atoms with van der Waals surface area (Å²) in [5, 5.41) is 24.4. The van der Waals surface area contributed by atoms with E-state index in [1.54, 1.807) is 0 Å². The van der Waals surface area contributed by atoms with Crippen molar-refractivity contribution in [3.8, 4) is 50.6 Å². The van der Waals surface area contributed by atoms with Gasteiger partial charge in [0.2, 0.25) is 0 Å². The average molecular weight is 797 g/mol. The Balaban J connectivity index is 1.01. The van der Waals surface area contributed by atoms with Crippen LogP contribution >= 0.6 is 0 Å². The molecule has 0 aliphatic heterocycles. The van der Waals surface area contributed by atoms with E-state index in [0.29, 0.717) is 12.1 Å². The number of hydrogen-bond donors (Lipinski definition) is 3. The smallest absolute Gasteiger partial charge is 0.0991 e. The third-order valence-electron chi connectivity index (χ3n) is 12.0. The van der Waals surface area contributed by atoms with Crippen molar-refractivity contribution < 1.29 is 0 Å². The van der Waals surface area contributed by atoms with Gasteiger partial charge in [0, 0.05) is 6.54 Å². The lowest BCUT2D eigenvalue weighted by Gasteiger charge is -2.27. The molecule has 0 saturated heterocycles. The Morgan fingerprint density at radius 2 is 1.06 bits per heavy atom. The van der Waals surface area contributed by atoms with Crippen LogP contribution in [0.4, 0.5) is 0 Å². The quantitative estimate of drug-likeness (QED) is 0.0692. The molecule has 0 aliphatic rings. The molecule has 10 rings (SSSR count). The van der Waals surface area contributed by atoms with Crippen molar-refractivity contribution in [2.24, 2.45) is 5.73 Å². The van der Waals surface area contributed by atoms with Gasteiger partial charge in [-0.15, -0.1) is 0 Å². The van der Waals surface area contributed by atoms with Gasteiger partial charge in [-0.2, -0.15) is 5.26 Å². The van der Waals surface area contributed by atoms with E-state index in [-0.39, 0.29) is 6.17 Å². The van der Waals surface area contributed by atoms with Crippen LogP contribution in [-0.2, 0) is 6.54 Å². The van der Waals surface area contributed by atoms with Gasteiger partial charge in [-0.1, -0.05) is 200 Å². The highest BCUT2D eigenvalue weighted by Crippen LogP contribution is 2.46. The maximum atomic E-state index is 9.32. The molecule has 0 heterocycles. The molecule has 10 aromatic carbocycles. The van der Waals surface area contributed by atoms with Crippen LogP contribution in [0, 0.1) is 11.3 Å². The van der Waals surface area contributed by atoms with Crippen molar-refractivity contribution in [1.82, 2.24) is 10.6 Å². The first-order valence-electron chi connectivity index (χ1n) is 21.1. The number of benzene rings is 10. The van der Waals surface area contributed by atoms with Gasteiger partial charge < -0.3 is 5.73 Å². The SMILES string of the molecule is N#Cc1ccc(-c2cccc(C(N)NC(NCc3ccc(-c4c5ccccc5c(-c5ccccc5)c5ccc6ccccc6c45)cc3)c3ccccc3-c3ccccc3)c2)cc1. The molecular weight excluding hydrogens is 753 g/mol. The van der Waals surface area contributed by atoms with Crippen molar-refractivity contribution in [1.29, 1.82) is 5.26 Å². The number of nitrogens with zero attached hydrogens (tertiary/aromatic N) is 1. The molecule has 62 heavy (non-hydrogen) atoms. The van der Waals surface area contributed by atoms with Gasteiger partial charge >= 0.3 is 0 Å². The zero-order chi connectivity index (χ0) is 41.8. The Hall–Kier alpha value is -7.65. The Bertz CT molecular complexity index is 3220. The van der Waals surface area contributed by atoms with Crippen LogP contribution in [0.25, 0.3) is 76.8 Å². The molecule has 4 nitrogen and oxygen atoms in total. The first kappa shape index (κ1) is 38.5. The second kappa shape index (κ2) is 17.1. The Morgan fingerprint density at radius 1 is 0.468 bits per heavy atom. The maximum absolute atomic E-state index is 9.32. The van der Waals surface area contributed by atoms with Gasteiger partial charge in [0.1, 0.15) is 0 Å². The predicted octanol–water partition coefficient (Wildman–Crippen LogP) is 13.7. The number of fused-ring (bicyclic) bond motifs is 4. The highest BCUT2D eigenvalue weighted by atomic mass is 15.2. The fourth-order valence-electron chi connectivity index (χ4n) is 8.99. The van der Waals surface area contributed by atoms with Crippen LogP contribution in [0.5, 0.6) is 0 Å². The Labute approximate surface area is 362 Å². The Kier molecular flexibility index (Phi) is 10.7. The van der Waals surface area contributed by atoms with E-state index in [2.05, 4.69) is 199 Å². The van der Waals surface area contributed by atoms with Crippen LogP contribution in [0.3, 0.4) is 0 Å². The largest absolute Gasteiger partial charge is 0.312 e. The van der Waals surface area contributed by atoms with Gasteiger partial charge in [0.25, 0.3) is 0 Å². The summed E-state index contributed by atoms with van der Waals surface area (Å²) in [6.07, 6.45) is -0.767. The summed E-state index contributed by atoms with van der Waals surface area (Å²) in [5.41, 5.74) is 20.2. The summed E-state index contributed by atoms with van der Waals surface area (Å²) >= 11 is 0. The molecule has 0 spiro atoms. The van der Waals surface area contributed by atoms with E-state index in [1.807, 2.05) is 36.4 Å². The second-order valence-corrected chi connectivity index (χ2v) is 15.8. The molecule has 4 N–H and O–H groups in total. The maximum Gasteiger partial charge on any atom is 0.0991 e. The van der Waals surface area contributed by atoms with Crippen LogP contribution in [0.1, 0.15) is 34.6 Å². The minimum Gasteiger partial charge on any atom is -0.312 e. The minimum absolute atomic E-state index is 0.288. The molecule has 0 radical (unpaired) electrons. The predicted molar refractivity (Wildman–Crippen MR) is 258 cm³/mol.